The first-order valence-electron chi connectivity index (χ1n) is 6.58. The van der Waals surface area contributed by atoms with Gasteiger partial charge in [-0.25, -0.2) is 0 Å². The highest BCUT2D eigenvalue weighted by atomic mass is 15.2. The van der Waals surface area contributed by atoms with Crippen LogP contribution in [-0.2, 0) is 0 Å². The molecule has 2 rings (SSSR count). The highest BCUT2D eigenvalue weighted by Gasteiger charge is 2.29. The summed E-state index contributed by atoms with van der Waals surface area (Å²) in [4.78, 5) is 6.50. The van der Waals surface area contributed by atoms with E-state index in [0.29, 0.717) is 6.04 Å². The SMILES string of the molecule is CCC(N)C(c1ccncc1)N(C)CC1CC1. The molecule has 2 atom stereocenters. The van der Waals surface area contributed by atoms with E-state index in [4.69, 9.17) is 5.73 Å². The molecule has 0 aliphatic heterocycles. The van der Waals surface area contributed by atoms with Crippen molar-refractivity contribution >= 4 is 0 Å². The van der Waals surface area contributed by atoms with Crippen molar-refractivity contribution in [1.82, 2.24) is 9.88 Å². The lowest BCUT2D eigenvalue weighted by Gasteiger charge is -2.32. The van der Waals surface area contributed by atoms with Crippen LogP contribution in [0.4, 0.5) is 0 Å². The fraction of sp³-hybridized carbons (Fsp3) is 0.643. The molecule has 2 unspecified atom stereocenters. The van der Waals surface area contributed by atoms with Gasteiger partial charge in [-0.1, -0.05) is 6.92 Å². The van der Waals surface area contributed by atoms with Crippen molar-refractivity contribution in [1.29, 1.82) is 0 Å². The van der Waals surface area contributed by atoms with E-state index in [1.165, 1.54) is 24.9 Å². The summed E-state index contributed by atoms with van der Waals surface area (Å²) in [6, 6.07) is 4.69. The van der Waals surface area contributed by atoms with E-state index in [1.54, 1.807) is 0 Å². The van der Waals surface area contributed by atoms with Gasteiger partial charge >= 0.3 is 0 Å². The first-order valence-corrected chi connectivity index (χ1v) is 6.58. The van der Waals surface area contributed by atoms with Gasteiger partial charge in [-0.3, -0.25) is 9.88 Å². The molecular weight excluding hydrogens is 210 g/mol. The lowest BCUT2D eigenvalue weighted by atomic mass is 9.97. The molecule has 0 radical (unpaired) electrons. The average molecular weight is 233 g/mol. The smallest absolute Gasteiger partial charge is 0.0497 e. The number of nitrogens with zero attached hydrogens (tertiary/aromatic N) is 2. The lowest BCUT2D eigenvalue weighted by Crippen LogP contribution is -2.39. The third-order valence-electron chi connectivity index (χ3n) is 3.64. The van der Waals surface area contributed by atoms with Gasteiger partial charge in [0.15, 0.2) is 0 Å². The molecule has 17 heavy (non-hydrogen) atoms. The summed E-state index contributed by atoms with van der Waals surface area (Å²) in [6.45, 7) is 3.32. The van der Waals surface area contributed by atoms with Crippen molar-refractivity contribution in [2.75, 3.05) is 13.6 Å². The summed E-state index contributed by atoms with van der Waals surface area (Å²) in [6.07, 6.45) is 7.48. The summed E-state index contributed by atoms with van der Waals surface area (Å²) >= 11 is 0. The largest absolute Gasteiger partial charge is 0.326 e. The van der Waals surface area contributed by atoms with Gasteiger partial charge in [-0.05, 0) is 49.9 Å². The fourth-order valence-corrected chi connectivity index (χ4v) is 2.43. The zero-order valence-corrected chi connectivity index (χ0v) is 10.8. The van der Waals surface area contributed by atoms with E-state index >= 15 is 0 Å². The Labute approximate surface area is 104 Å². The third kappa shape index (κ3) is 3.27. The van der Waals surface area contributed by atoms with Crippen molar-refractivity contribution in [2.45, 2.75) is 38.3 Å². The topological polar surface area (TPSA) is 42.1 Å². The van der Waals surface area contributed by atoms with Crippen molar-refractivity contribution in [2.24, 2.45) is 11.7 Å². The molecule has 1 aliphatic carbocycles. The number of aromatic nitrogens is 1. The molecule has 3 heteroatoms. The van der Waals surface area contributed by atoms with Gasteiger partial charge in [0.25, 0.3) is 0 Å². The number of pyridine rings is 1. The maximum Gasteiger partial charge on any atom is 0.0497 e. The number of nitrogens with two attached hydrogens (primary N) is 1. The first-order chi connectivity index (χ1) is 8.22. The van der Waals surface area contributed by atoms with E-state index in [-0.39, 0.29) is 6.04 Å². The summed E-state index contributed by atoms with van der Waals surface area (Å²) in [7, 11) is 2.19. The van der Waals surface area contributed by atoms with Crippen molar-refractivity contribution in [3.63, 3.8) is 0 Å². The van der Waals surface area contributed by atoms with Crippen LogP contribution in [0.3, 0.4) is 0 Å². The van der Waals surface area contributed by atoms with Crippen LogP contribution in [0.1, 0.15) is 37.8 Å². The van der Waals surface area contributed by atoms with Crippen LogP contribution in [-0.4, -0.2) is 29.5 Å². The van der Waals surface area contributed by atoms with Crippen LogP contribution >= 0.6 is 0 Å². The molecule has 0 bridgehead atoms. The molecule has 1 saturated carbocycles. The Bertz CT molecular complexity index is 335. The van der Waals surface area contributed by atoms with Crippen molar-refractivity contribution < 1.29 is 0 Å². The van der Waals surface area contributed by atoms with Gasteiger partial charge in [0.05, 0.1) is 0 Å². The summed E-state index contributed by atoms with van der Waals surface area (Å²) < 4.78 is 0. The molecule has 94 valence electrons. The van der Waals surface area contributed by atoms with Crippen molar-refractivity contribution in [3.8, 4) is 0 Å². The van der Waals surface area contributed by atoms with Crippen LogP contribution in [0.25, 0.3) is 0 Å². The monoisotopic (exact) mass is 233 g/mol. The predicted octanol–water partition coefficient (Wildman–Crippen LogP) is 2.20. The van der Waals surface area contributed by atoms with Gasteiger partial charge in [-0.2, -0.15) is 0 Å². The highest BCUT2D eigenvalue weighted by Crippen LogP contribution is 2.33. The predicted molar refractivity (Wildman–Crippen MR) is 70.6 cm³/mol. The molecule has 0 saturated heterocycles. The van der Waals surface area contributed by atoms with Crippen LogP contribution in [0.2, 0.25) is 0 Å². The summed E-state index contributed by atoms with van der Waals surface area (Å²) in [5, 5.41) is 0. The lowest BCUT2D eigenvalue weighted by molar-refractivity contribution is 0.202. The van der Waals surface area contributed by atoms with Gasteiger partial charge in [0.1, 0.15) is 0 Å². The normalized spacial score (nSPS) is 19.3. The minimum atomic E-state index is 0.196. The number of hydrogen-bond donors (Lipinski definition) is 1. The van der Waals surface area contributed by atoms with E-state index < -0.39 is 0 Å². The van der Waals surface area contributed by atoms with Gasteiger partial charge < -0.3 is 5.73 Å². The molecule has 1 aromatic heterocycles. The molecular formula is C14H23N3. The zero-order chi connectivity index (χ0) is 12.3. The molecule has 3 nitrogen and oxygen atoms in total. The van der Waals surface area contributed by atoms with Gasteiger partial charge in [0, 0.05) is 31.0 Å². The fourth-order valence-electron chi connectivity index (χ4n) is 2.43. The minimum absolute atomic E-state index is 0.196. The molecule has 2 N–H and O–H groups in total. The van der Waals surface area contributed by atoms with Crippen LogP contribution in [0.5, 0.6) is 0 Å². The first kappa shape index (κ1) is 12.5. The Morgan fingerprint density at radius 1 is 1.41 bits per heavy atom. The number of hydrogen-bond acceptors (Lipinski definition) is 3. The Balaban J connectivity index is 2.11. The summed E-state index contributed by atoms with van der Waals surface area (Å²) in [5.41, 5.74) is 7.57. The zero-order valence-electron chi connectivity index (χ0n) is 10.8. The van der Waals surface area contributed by atoms with Gasteiger partial charge in [-0.15, -0.1) is 0 Å². The standard InChI is InChI=1S/C14H23N3/c1-3-13(15)14(12-6-8-16-9-7-12)17(2)10-11-4-5-11/h6-9,11,13-14H,3-5,10,15H2,1-2H3. The summed E-state index contributed by atoms with van der Waals surface area (Å²) in [5.74, 6) is 0.897. The second-order valence-corrected chi connectivity index (χ2v) is 5.18. The number of rotatable bonds is 6. The van der Waals surface area contributed by atoms with Gasteiger partial charge in [0.2, 0.25) is 0 Å². The van der Waals surface area contributed by atoms with Crippen LogP contribution in [0, 0.1) is 5.92 Å². The van der Waals surface area contributed by atoms with E-state index in [1.807, 2.05) is 12.4 Å². The molecule has 0 aromatic carbocycles. The van der Waals surface area contributed by atoms with E-state index in [0.717, 1.165) is 12.3 Å². The molecule has 1 heterocycles. The van der Waals surface area contributed by atoms with Crippen molar-refractivity contribution in [3.05, 3.63) is 30.1 Å². The average Bonchev–Trinajstić information content (AvgIpc) is 3.14. The molecule has 0 spiro atoms. The van der Waals surface area contributed by atoms with E-state index in [2.05, 4.69) is 36.0 Å². The maximum atomic E-state index is 6.28. The van der Waals surface area contributed by atoms with Crippen LogP contribution < -0.4 is 5.73 Å². The highest BCUT2D eigenvalue weighted by molar-refractivity contribution is 5.17. The Morgan fingerprint density at radius 3 is 2.59 bits per heavy atom. The molecule has 1 fully saturated rings. The molecule has 1 aromatic rings. The second-order valence-electron chi connectivity index (χ2n) is 5.18. The minimum Gasteiger partial charge on any atom is -0.326 e. The Hall–Kier alpha value is -0.930. The third-order valence-corrected chi connectivity index (χ3v) is 3.64. The molecule has 0 amide bonds. The molecule has 1 aliphatic rings. The quantitative estimate of drug-likeness (QED) is 0.819. The van der Waals surface area contributed by atoms with Crippen LogP contribution in [0.15, 0.2) is 24.5 Å². The van der Waals surface area contributed by atoms with E-state index in [9.17, 15) is 0 Å². The Morgan fingerprint density at radius 2 is 2.06 bits per heavy atom. The number of likely N-dealkylation sites (N-methyl/N-ethyl adjacent to an activating group) is 1. The maximum absolute atomic E-state index is 6.28. The second kappa shape index (κ2) is 5.61. The Kier molecular flexibility index (Phi) is 4.13.